The van der Waals surface area contributed by atoms with E-state index in [9.17, 15) is 19.5 Å². The van der Waals surface area contributed by atoms with E-state index in [1.54, 1.807) is 12.3 Å². The Balaban J connectivity index is 1.31. The number of rotatable bonds is 10. The molecule has 3 aliphatic rings. The molecule has 2 aromatic rings. The van der Waals surface area contributed by atoms with Gasteiger partial charge in [-0.2, -0.15) is 0 Å². The van der Waals surface area contributed by atoms with Crippen LogP contribution in [0, 0.1) is 34.0 Å². The number of anilines is 1. The van der Waals surface area contributed by atoms with Gasteiger partial charge in [-0.05, 0) is 69.2 Å². The summed E-state index contributed by atoms with van der Waals surface area (Å²) in [5.74, 6) is -0.581. The molecule has 1 amide bonds. The van der Waals surface area contributed by atoms with Crippen molar-refractivity contribution >= 4 is 35.1 Å². The predicted molar refractivity (Wildman–Crippen MR) is 178 cm³/mol. The van der Waals surface area contributed by atoms with Crippen molar-refractivity contribution in [3.8, 4) is 0 Å². The molecule has 2 bridgehead atoms. The van der Waals surface area contributed by atoms with Crippen LogP contribution in [-0.4, -0.2) is 74.7 Å². The molecule has 1 heterocycles. The quantitative estimate of drug-likeness (QED) is 0.208. The highest BCUT2D eigenvalue weighted by atomic mass is 32.2. The Morgan fingerprint density at radius 3 is 2.70 bits per heavy atom. The first-order chi connectivity index (χ1) is 21.7. The number of nitrogens with zero attached hydrogens (tertiary/aromatic N) is 4. The number of aromatic nitrogens is 3. The Morgan fingerprint density at radius 1 is 1.24 bits per heavy atom. The summed E-state index contributed by atoms with van der Waals surface area (Å²) in [5, 5.41) is 22.9. The second kappa shape index (κ2) is 13.2. The van der Waals surface area contributed by atoms with Gasteiger partial charge in [0.15, 0.2) is 0 Å². The zero-order chi connectivity index (χ0) is 33.4. The third kappa shape index (κ3) is 6.30. The van der Waals surface area contributed by atoms with Crippen LogP contribution >= 0.6 is 11.8 Å². The molecule has 0 unspecified atom stereocenters. The van der Waals surface area contributed by atoms with Gasteiger partial charge in [-0.25, -0.2) is 4.68 Å². The number of thioether (sulfide) groups is 1. The van der Waals surface area contributed by atoms with Crippen molar-refractivity contribution in [2.45, 2.75) is 90.0 Å². The van der Waals surface area contributed by atoms with Gasteiger partial charge in [0, 0.05) is 34.6 Å². The zero-order valence-corrected chi connectivity index (χ0v) is 28.8. The van der Waals surface area contributed by atoms with Gasteiger partial charge in [-0.15, -0.1) is 23.4 Å². The largest absolute Gasteiger partial charge is 0.461 e. The van der Waals surface area contributed by atoms with Crippen molar-refractivity contribution in [1.82, 2.24) is 19.9 Å². The van der Waals surface area contributed by atoms with Gasteiger partial charge in [0.1, 0.15) is 18.4 Å². The Hall–Kier alpha value is -3.02. The third-order valence-electron chi connectivity index (χ3n) is 11.5. The first kappa shape index (κ1) is 34.3. The SMILES string of the molecule is C=C[C@]1(C)C[C@@H](OC(=O)CSc2ccccc2NC(=O)Cn2cc(CN(C)C)nn2)[C@]2(C)[C@H](C)CC[C@]3(CCC(=O)[C@H]32)[C@@H](C)[C@@H]1O. The Kier molecular flexibility index (Phi) is 9.88. The molecule has 1 aromatic carbocycles. The summed E-state index contributed by atoms with van der Waals surface area (Å²) in [7, 11) is 3.88. The van der Waals surface area contributed by atoms with E-state index < -0.39 is 29.0 Å². The van der Waals surface area contributed by atoms with Crippen LogP contribution in [0.4, 0.5) is 5.69 Å². The lowest BCUT2D eigenvalue weighted by Gasteiger charge is -2.61. The summed E-state index contributed by atoms with van der Waals surface area (Å²) in [6.07, 6.45) is 5.75. The molecule has 10 nitrogen and oxygen atoms in total. The number of para-hydroxylation sites is 1. The molecule has 2 N–H and O–H groups in total. The predicted octanol–water partition coefficient (Wildman–Crippen LogP) is 4.98. The second-order valence-corrected chi connectivity index (χ2v) is 15.6. The van der Waals surface area contributed by atoms with Crippen molar-refractivity contribution in [3.63, 3.8) is 0 Å². The first-order valence-corrected chi connectivity index (χ1v) is 17.3. The summed E-state index contributed by atoms with van der Waals surface area (Å²) < 4.78 is 7.89. The van der Waals surface area contributed by atoms with E-state index in [1.807, 2.05) is 50.2 Å². The van der Waals surface area contributed by atoms with Gasteiger partial charge in [0.2, 0.25) is 5.91 Å². The van der Waals surface area contributed by atoms with Crippen LogP contribution in [0.1, 0.15) is 65.5 Å². The number of aliphatic hydroxyl groups excluding tert-OH is 1. The number of ether oxygens (including phenoxy) is 1. The number of nitrogens with one attached hydrogen (secondary N) is 1. The van der Waals surface area contributed by atoms with Crippen LogP contribution in [0.15, 0.2) is 48.0 Å². The van der Waals surface area contributed by atoms with Gasteiger partial charge in [0.25, 0.3) is 0 Å². The fourth-order valence-electron chi connectivity index (χ4n) is 8.68. The molecule has 0 aliphatic heterocycles. The van der Waals surface area contributed by atoms with E-state index in [-0.39, 0.29) is 47.2 Å². The summed E-state index contributed by atoms with van der Waals surface area (Å²) in [6, 6.07) is 7.34. The highest BCUT2D eigenvalue weighted by Crippen LogP contribution is 2.68. The standard InChI is InChI=1S/C35H49N5O5S/c1-8-33(4)17-28(34(5)22(2)13-15-35(23(3)32(33)44)16-14-26(41)31(34)35)45-30(43)21-46-27-12-10-9-11-25(27)36-29(42)20-40-19-24(37-38-40)18-39(6)7/h8-12,19,22-23,28,31-32,44H,1,13-18,20-21H2,2-7H3,(H,36,42)/t22-,23+,28-,31+,32+,33-,34+,35+/m1/s1. The number of benzene rings is 1. The summed E-state index contributed by atoms with van der Waals surface area (Å²) >= 11 is 1.29. The highest BCUT2D eigenvalue weighted by Gasteiger charge is 2.68. The Labute approximate surface area is 276 Å². The van der Waals surface area contributed by atoms with E-state index in [0.29, 0.717) is 25.1 Å². The van der Waals surface area contributed by atoms with Crippen molar-refractivity contribution in [1.29, 1.82) is 0 Å². The molecule has 0 spiro atoms. The lowest BCUT2D eigenvalue weighted by molar-refractivity contribution is -0.205. The number of carbonyl (C=O) groups is 3. The maximum Gasteiger partial charge on any atom is 0.316 e. The lowest BCUT2D eigenvalue weighted by atomic mass is 9.44. The van der Waals surface area contributed by atoms with E-state index >= 15 is 0 Å². The minimum absolute atomic E-state index is 0.00777. The maximum absolute atomic E-state index is 13.7. The van der Waals surface area contributed by atoms with Crippen molar-refractivity contribution in [3.05, 3.63) is 48.8 Å². The Morgan fingerprint density at radius 2 is 1.98 bits per heavy atom. The van der Waals surface area contributed by atoms with E-state index in [1.165, 1.54) is 16.4 Å². The number of carbonyl (C=O) groups excluding carboxylic acids is 3. The van der Waals surface area contributed by atoms with Crippen molar-refractivity contribution < 1.29 is 24.2 Å². The third-order valence-corrected chi connectivity index (χ3v) is 12.5. The minimum Gasteiger partial charge on any atom is -0.461 e. The summed E-state index contributed by atoms with van der Waals surface area (Å²) in [6.45, 7) is 13.1. The molecule has 11 heteroatoms. The van der Waals surface area contributed by atoms with E-state index in [2.05, 4.69) is 43.0 Å². The number of hydrogen-bond acceptors (Lipinski definition) is 9. The second-order valence-electron chi connectivity index (χ2n) is 14.5. The van der Waals surface area contributed by atoms with Crippen LogP contribution in [0.3, 0.4) is 0 Å². The average molecular weight is 652 g/mol. The highest BCUT2D eigenvalue weighted by molar-refractivity contribution is 8.00. The van der Waals surface area contributed by atoms with Crippen LogP contribution in [0.25, 0.3) is 0 Å². The topological polar surface area (TPSA) is 127 Å². The molecule has 3 fully saturated rings. The van der Waals surface area contributed by atoms with Crippen LogP contribution in [0.5, 0.6) is 0 Å². The van der Waals surface area contributed by atoms with Gasteiger partial charge < -0.3 is 20.1 Å². The maximum atomic E-state index is 13.7. The van der Waals surface area contributed by atoms with Crippen LogP contribution in [-0.2, 0) is 32.2 Å². The fourth-order valence-corrected chi connectivity index (χ4v) is 9.47. The molecule has 8 atom stereocenters. The summed E-state index contributed by atoms with van der Waals surface area (Å²) in [4.78, 5) is 42.9. The van der Waals surface area contributed by atoms with Crippen molar-refractivity contribution in [2.75, 3.05) is 25.2 Å². The zero-order valence-electron chi connectivity index (χ0n) is 28.0. The number of amides is 1. The molecule has 3 saturated carbocycles. The number of Topliss-reactive ketones (excluding diaryl/α,β-unsaturated/α-hetero) is 1. The van der Waals surface area contributed by atoms with Crippen LogP contribution in [0.2, 0.25) is 0 Å². The van der Waals surface area contributed by atoms with Gasteiger partial charge >= 0.3 is 5.97 Å². The first-order valence-electron chi connectivity index (χ1n) is 16.3. The van der Waals surface area contributed by atoms with Crippen LogP contribution < -0.4 is 5.32 Å². The number of hydrogen-bond donors (Lipinski definition) is 2. The van der Waals surface area contributed by atoms with Gasteiger partial charge in [0.05, 0.1) is 29.4 Å². The molecule has 46 heavy (non-hydrogen) atoms. The molecule has 1 aromatic heterocycles. The van der Waals surface area contributed by atoms with Crippen molar-refractivity contribution in [2.24, 2.45) is 34.0 Å². The number of esters is 1. The van der Waals surface area contributed by atoms with E-state index in [0.717, 1.165) is 29.9 Å². The number of ketones is 1. The average Bonchev–Trinajstić information content (AvgIpc) is 3.60. The lowest BCUT2D eigenvalue weighted by Crippen LogP contribution is -2.63. The van der Waals surface area contributed by atoms with Gasteiger partial charge in [-0.3, -0.25) is 14.4 Å². The molecular weight excluding hydrogens is 602 g/mol. The number of aliphatic hydroxyl groups is 1. The molecular formula is C35H49N5O5S. The smallest absolute Gasteiger partial charge is 0.316 e. The molecule has 5 rings (SSSR count). The molecule has 3 aliphatic carbocycles. The summed E-state index contributed by atoms with van der Waals surface area (Å²) in [5.41, 5.74) is -0.207. The fraction of sp³-hybridized carbons (Fsp3) is 0.629. The minimum atomic E-state index is -0.709. The van der Waals surface area contributed by atoms with Gasteiger partial charge in [-0.1, -0.05) is 51.1 Å². The molecule has 0 saturated heterocycles. The monoisotopic (exact) mass is 651 g/mol. The normalized spacial score (nSPS) is 34.0. The Bertz CT molecular complexity index is 1480. The molecule has 250 valence electrons. The molecule has 0 radical (unpaired) electrons. The van der Waals surface area contributed by atoms with E-state index in [4.69, 9.17) is 4.74 Å².